The van der Waals surface area contributed by atoms with Gasteiger partial charge in [-0.05, 0) is 33.2 Å². The van der Waals surface area contributed by atoms with Gasteiger partial charge < -0.3 is 14.8 Å². The molecule has 0 heterocycles. The summed E-state index contributed by atoms with van der Waals surface area (Å²) in [6, 6.07) is 1.96. The van der Waals surface area contributed by atoms with E-state index in [1.54, 1.807) is 0 Å². The maximum Gasteiger partial charge on any atom is 0.492 e. The van der Waals surface area contributed by atoms with Crippen molar-refractivity contribution in [2.45, 2.75) is 45.1 Å². The molecule has 6 nitrogen and oxygen atoms in total. The van der Waals surface area contributed by atoms with Crippen molar-refractivity contribution in [3.05, 3.63) is 33.9 Å². The third-order valence-electron chi connectivity index (χ3n) is 3.70. The van der Waals surface area contributed by atoms with Crippen molar-refractivity contribution in [1.29, 1.82) is 0 Å². The number of nitro benzene ring substituents is 1. The zero-order chi connectivity index (χ0) is 18.2. The van der Waals surface area contributed by atoms with E-state index in [4.69, 9.17) is 4.65 Å². The van der Waals surface area contributed by atoms with Crippen LogP contribution >= 0.6 is 0 Å². The van der Waals surface area contributed by atoms with Gasteiger partial charge in [-0.1, -0.05) is 6.07 Å². The van der Waals surface area contributed by atoms with Crippen molar-refractivity contribution < 1.29 is 32.9 Å². The number of halogens is 3. The predicted octanol–water partition coefficient (Wildman–Crippen LogP) is 1.87. The molecule has 0 amide bonds. The molecular formula is C13H17BF3NO5. The molecule has 0 fully saturated rings. The van der Waals surface area contributed by atoms with Gasteiger partial charge in [-0.15, -0.1) is 0 Å². The van der Waals surface area contributed by atoms with Gasteiger partial charge in [0.05, 0.1) is 21.7 Å². The molecule has 2 N–H and O–H groups in total. The van der Waals surface area contributed by atoms with Gasteiger partial charge in [0.1, 0.15) is 0 Å². The summed E-state index contributed by atoms with van der Waals surface area (Å²) in [5.41, 5.74) is -5.62. The van der Waals surface area contributed by atoms with Crippen molar-refractivity contribution >= 4 is 18.3 Å². The molecular weight excluding hydrogens is 318 g/mol. The second-order valence-electron chi connectivity index (χ2n) is 6.07. The Kier molecular flexibility index (Phi) is 5.15. The Morgan fingerprint density at radius 2 is 1.74 bits per heavy atom. The van der Waals surface area contributed by atoms with Crippen LogP contribution in [0.5, 0.6) is 0 Å². The lowest BCUT2D eigenvalue weighted by Crippen LogP contribution is -2.53. The molecule has 1 rings (SSSR count). The van der Waals surface area contributed by atoms with Crippen LogP contribution in [-0.2, 0) is 10.8 Å². The largest absolute Gasteiger partial charge is 0.492 e. The summed E-state index contributed by atoms with van der Waals surface area (Å²) in [4.78, 5) is 9.67. The van der Waals surface area contributed by atoms with Crippen molar-refractivity contribution in [2.75, 3.05) is 0 Å². The van der Waals surface area contributed by atoms with Crippen molar-refractivity contribution in [1.82, 2.24) is 0 Å². The van der Waals surface area contributed by atoms with E-state index < -0.39 is 46.1 Å². The Morgan fingerprint density at radius 3 is 2.13 bits per heavy atom. The molecule has 0 saturated carbocycles. The highest BCUT2D eigenvalue weighted by atomic mass is 19.4. The zero-order valence-electron chi connectivity index (χ0n) is 13.0. The topological polar surface area (TPSA) is 92.8 Å². The molecule has 0 atom stereocenters. The molecule has 0 unspecified atom stereocenters. The zero-order valence-corrected chi connectivity index (χ0v) is 13.0. The molecule has 0 radical (unpaired) electrons. The van der Waals surface area contributed by atoms with E-state index in [0.29, 0.717) is 6.07 Å². The van der Waals surface area contributed by atoms with Gasteiger partial charge in [-0.2, -0.15) is 13.2 Å². The number of aliphatic hydroxyl groups is 1. The highest BCUT2D eigenvalue weighted by Crippen LogP contribution is 2.31. The Hall–Kier alpha value is -1.65. The lowest BCUT2D eigenvalue weighted by molar-refractivity contribution is -0.385. The Balaban J connectivity index is 3.29. The number of hydrogen-bond acceptors (Lipinski definition) is 5. The molecule has 1 aromatic rings. The fourth-order valence-corrected chi connectivity index (χ4v) is 1.61. The maximum atomic E-state index is 13.1. The van der Waals surface area contributed by atoms with Crippen LogP contribution in [0.2, 0.25) is 0 Å². The van der Waals surface area contributed by atoms with E-state index in [1.165, 1.54) is 27.7 Å². The summed E-state index contributed by atoms with van der Waals surface area (Å²) in [5, 5.41) is 30.6. The molecule has 0 aliphatic carbocycles. The minimum Gasteiger partial charge on any atom is -0.423 e. The molecule has 0 aromatic heterocycles. The molecule has 0 bridgehead atoms. The average Bonchev–Trinajstić information content (AvgIpc) is 2.34. The monoisotopic (exact) mass is 335 g/mol. The fourth-order valence-electron chi connectivity index (χ4n) is 1.61. The van der Waals surface area contributed by atoms with Crippen LogP contribution in [-0.4, -0.2) is 33.4 Å². The number of hydrogen-bond donors (Lipinski definition) is 2. The SMILES string of the molecule is CC(C)(O)C(C)(C)OB(O)c1ccc([N+](=O)[O-])cc1C(F)(F)F. The van der Waals surface area contributed by atoms with E-state index in [2.05, 4.69) is 0 Å². The summed E-state index contributed by atoms with van der Waals surface area (Å²) in [6.45, 7) is 5.55. The number of non-ortho nitro benzene ring substituents is 1. The summed E-state index contributed by atoms with van der Waals surface area (Å²) in [7, 11) is -2.02. The third-order valence-corrected chi connectivity index (χ3v) is 3.70. The van der Waals surface area contributed by atoms with E-state index in [9.17, 15) is 33.4 Å². The summed E-state index contributed by atoms with van der Waals surface area (Å²) < 4.78 is 44.4. The van der Waals surface area contributed by atoms with Crippen molar-refractivity contribution in [2.24, 2.45) is 0 Å². The van der Waals surface area contributed by atoms with Gasteiger partial charge in [0.25, 0.3) is 5.69 Å². The van der Waals surface area contributed by atoms with Gasteiger partial charge in [0, 0.05) is 12.1 Å². The Morgan fingerprint density at radius 1 is 1.22 bits per heavy atom. The van der Waals surface area contributed by atoms with E-state index >= 15 is 0 Å². The number of nitrogens with zero attached hydrogens (tertiary/aromatic N) is 1. The van der Waals surface area contributed by atoms with Gasteiger partial charge in [-0.3, -0.25) is 10.1 Å². The van der Waals surface area contributed by atoms with Crippen LogP contribution in [0.4, 0.5) is 18.9 Å². The first-order chi connectivity index (χ1) is 10.2. The molecule has 0 aliphatic heterocycles. The van der Waals surface area contributed by atoms with Crippen LogP contribution < -0.4 is 5.46 Å². The number of benzene rings is 1. The van der Waals surface area contributed by atoms with Crippen molar-refractivity contribution in [3.63, 3.8) is 0 Å². The van der Waals surface area contributed by atoms with Crippen LogP contribution in [0.1, 0.15) is 33.3 Å². The van der Waals surface area contributed by atoms with Crippen LogP contribution in [0, 0.1) is 10.1 Å². The first kappa shape index (κ1) is 19.4. The predicted molar refractivity (Wildman–Crippen MR) is 77.2 cm³/mol. The maximum absolute atomic E-state index is 13.1. The van der Waals surface area contributed by atoms with Gasteiger partial charge in [0.2, 0.25) is 0 Å². The molecule has 10 heteroatoms. The number of rotatable bonds is 5. The number of nitro groups is 1. The summed E-state index contributed by atoms with van der Waals surface area (Å²) in [6.07, 6.45) is -4.91. The van der Waals surface area contributed by atoms with E-state index in [1.807, 2.05) is 0 Å². The van der Waals surface area contributed by atoms with Crippen LogP contribution in [0.3, 0.4) is 0 Å². The molecule has 0 spiro atoms. The average molecular weight is 335 g/mol. The minimum atomic E-state index is -4.91. The second kappa shape index (κ2) is 6.10. The quantitative estimate of drug-likeness (QED) is 0.487. The van der Waals surface area contributed by atoms with E-state index in [0.717, 1.165) is 12.1 Å². The lowest BCUT2D eigenvalue weighted by Gasteiger charge is -2.38. The van der Waals surface area contributed by atoms with Crippen molar-refractivity contribution in [3.8, 4) is 0 Å². The summed E-state index contributed by atoms with van der Waals surface area (Å²) in [5.74, 6) is 0. The third kappa shape index (κ3) is 4.43. The van der Waals surface area contributed by atoms with Gasteiger partial charge in [0.15, 0.2) is 0 Å². The Bertz CT molecular complexity index is 598. The van der Waals surface area contributed by atoms with Gasteiger partial charge in [-0.25, -0.2) is 0 Å². The van der Waals surface area contributed by atoms with Crippen LogP contribution in [0.15, 0.2) is 18.2 Å². The smallest absolute Gasteiger partial charge is 0.423 e. The standard InChI is InChI=1S/C13H17BF3NO5/c1-11(2,19)12(3,4)23-14(20)10-6-5-8(18(21)22)7-9(10)13(15,16)17/h5-7,19-20H,1-4H3. The molecule has 128 valence electrons. The molecule has 0 saturated heterocycles. The second-order valence-corrected chi connectivity index (χ2v) is 6.07. The highest BCUT2D eigenvalue weighted by molar-refractivity contribution is 6.60. The Labute approximate surface area is 131 Å². The van der Waals surface area contributed by atoms with Gasteiger partial charge >= 0.3 is 13.3 Å². The van der Waals surface area contributed by atoms with E-state index in [-0.39, 0.29) is 0 Å². The molecule has 23 heavy (non-hydrogen) atoms. The normalized spacial score (nSPS) is 13.1. The summed E-state index contributed by atoms with van der Waals surface area (Å²) >= 11 is 0. The lowest BCUT2D eigenvalue weighted by atomic mass is 9.73. The van der Waals surface area contributed by atoms with Crippen LogP contribution in [0.25, 0.3) is 0 Å². The molecule has 0 aliphatic rings. The minimum absolute atomic E-state index is 0.332. The fraction of sp³-hybridized carbons (Fsp3) is 0.538. The number of alkyl halides is 3. The first-order valence-corrected chi connectivity index (χ1v) is 6.60. The highest BCUT2D eigenvalue weighted by Gasteiger charge is 2.43. The first-order valence-electron chi connectivity index (χ1n) is 6.60. The molecule has 1 aromatic carbocycles.